The van der Waals surface area contributed by atoms with Gasteiger partial charge in [0, 0.05) is 11.1 Å². The van der Waals surface area contributed by atoms with Crippen molar-refractivity contribution in [2.24, 2.45) is 5.73 Å². The van der Waals surface area contributed by atoms with Crippen molar-refractivity contribution in [1.82, 2.24) is 4.98 Å². The summed E-state index contributed by atoms with van der Waals surface area (Å²) in [5, 5.41) is 2.08. The highest BCUT2D eigenvalue weighted by Crippen LogP contribution is 2.26. The molecule has 0 aromatic carbocycles. The van der Waals surface area contributed by atoms with Gasteiger partial charge in [-0.3, -0.25) is 4.98 Å². The number of hydrogen-bond acceptors (Lipinski definition) is 3. The van der Waals surface area contributed by atoms with Crippen LogP contribution in [0.5, 0.6) is 0 Å². The molecule has 0 saturated carbocycles. The van der Waals surface area contributed by atoms with Gasteiger partial charge in [-0.25, -0.2) is 0 Å². The highest BCUT2D eigenvalue weighted by Gasteiger charge is 2.16. The molecule has 0 spiro atoms. The molecule has 0 amide bonds. The number of aryl methyl sites for hydroxylation is 2. The Morgan fingerprint density at radius 1 is 1.44 bits per heavy atom. The zero-order valence-electron chi connectivity index (χ0n) is 9.60. The summed E-state index contributed by atoms with van der Waals surface area (Å²) in [7, 11) is 0. The van der Waals surface area contributed by atoms with Gasteiger partial charge in [-0.05, 0) is 42.0 Å². The van der Waals surface area contributed by atoms with E-state index in [1.165, 1.54) is 16.0 Å². The van der Waals surface area contributed by atoms with Gasteiger partial charge in [-0.15, -0.1) is 11.3 Å². The van der Waals surface area contributed by atoms with Gasteiger partial charge in [0.25, 0.3) is 0 Å². The van der Waals surface area contributed by atoms with Crippen molar-refractivity contribution in [1.29, 1.82) is 0 Å². The maximum absolute atomic E-state index is 6.28. The van der Waals surface area contributed by atoms with Crippen LogP contribution in [-0.4, -0.2) is 4.98 Å². The molecule has 2 aromatic heterocycles. The summed E-state index contributed by atoms with van der Waals surface area (Å²) in [5.41, 5.74) is 9.72. The molecule has 0 fully saturated rings. The van der Waals surface area contributed by atoms with Gasteiger partial charge in [-0.1, -0.05) is 13.0 Å². The van der Waals surface area contributed by atoms with Crippen LogP contribution in [-0.2, 0) is 6.42 Å². The van der Waals surface area contributed by atoms with Gasteiger partial charge in [0.2, 0.25) is 0 Å². The number of nitrogens with two attached hydrogens (primary N) is 1. The third-order valence-electron chi connectivity index (χ3n) is 2.84. The Kier molecular flexibility index (Phi) is 3.36. The molecule has 0 saturated heterocycles. The molecule has 2 aromatic rings. The van der Waals surface area contributed by atoms with Crippen LogP contribution in [0.25, 0.3) is 0 Å². The zero-order valence-corrected chi connectivity index (χ0v) is 10.4. The summed E-state index contributed by atoms with van der Waals surface area (Å²) >= 11 is 1.73. The van der Waals surface area contributed by atoms with Gasteiger partial charge >= 0.3 is 0 Å². The number of hydrogen-bond donors (Lipinski definition) is 1. The average molecular weight is 232 g/mol. The monoisotopic (exact) mass is 232 g/mol. The van der Waals surface area contributed by atoms with Crippen LogP contribution in [0, 0.1) is 6.92 Å². The van der Waals surface area contributed by atoms with Crippen molar-refractivity contribution in [3.05, 3.63) is 51.5 Å². The second-order valence-electron chi connectivity index (χ2n) is 3.81. The molecule has 3 heteroatoms. The molecule has 0 aliphatic carbocycles. The maximum Gasteiger partial charge on any atom is 0.0739 e. The summed E-state index contributed by atoms with van der Waals surface area (Å²) < 4.78 is 0. The van der Waals surface area contributed by atoms with E-state index in [0.29, 0.717) is 0 Å². The quantitative estimate of drug-likeness (QED) is 0.883. The van der Waals surface area contributed by atoms with Crippen LogP contribution in [0.2, 0.25) is 0 Å². The molecule has 2 rings (SSSR count). The molecular weight excluding hydrogens is 216 g/mol. The smallest absolute Gasteiger partial charge is 0.0739 e. The van der Waals surface area contributed by atoms with E-state index in [2.05, 4.69) is 36.3 Å². The predicted molar refractivity (Wildman–Crippen MR) is 68.7 cm³/mol. The molecule has 0 aliphatic heterocycles. The number of thiophene rings is 1. The largest absolute Gasteiger partial charge is 0.319 e. The Bertz CT molecular complexity index is 476. The van der Waals surface area contributed by atoms with Crippen LogP contribution in [0.4, 0.5) is 0 Å². The summed E-state index contributed by atoms with van der Waals surface area (Å²) in [6, 6.07) is 6.07. The lowest BCUT2D eigenvalue weighted by Crippen LogP contribution is -2.15. The molecule has 2 heterocycles. The highest BCUT2D eigenvalue weighted by atomic mass is 32.1. The van der Waals surface area contributed by atoms with E-state index in [4.69, 9.17) is 5.73 Å². The van der Waals surface area contributed by atoms with E-state index in [1.807, 2.05) is 12.3 Å². The lowest BCUT2D eigenvalue weighted by molar-refractivity contribution is 0.804. The molecule has 2 N–H and O–H groups in total. The summed E-state index contributed by atoms with van der Waals surface area (Å²) in [4.78, 5) is 5.70. The first kappa shape index (κ1) is 11.3. The SMILES string of the molecule is CCc1cccnc1C(N)c1ccsc1C. The maximum atomic E-state index is 6.28. The van der Waals surface area contributed by atoms with E-state index in [1.54, 1.807) is 11.3 Å². The minimum atomic E-state index is -0.0950. The van der Waals surface area contributed by atoms with E-state index in [0.717, 1.165) is 12.1 Å². The van der Waals surface area contributed by atoms with Crippen molar-refractivity contribution >= 4 is 11.3 Å². The van der Waals surface area contributed by atoms with Gasteiger partial charge in [0.15, 0.2) is 0 Å². The summed E-state index contributed by atoms with van der Waals surface area (Å²) in [6.45, 7) is 4.24. The first-order valence-electron chi connectivity index (χ1n) is 5.47. The lowest BCUT2D eigenvalue weighted by Gasteiger charge is -2.14. The van der Waals surface area contributed by atoms with Crippen molar-refractivity contribution in [3.63, 3.8) is 0 Å². The van der Waals surface area contributed by atoms with Crippen LogP contribution >= 0.6 is 11.3 Å². The van der Waals surface area contributed by atoms with Crippen molar-refractivity contribution in [2.75, 3.05) is 0 Å². The highest BCUT2D eigenvalue weighted by molar-refractivity contribution is 7.10. The van der Waals surface area contributed by atoms with E-state index >= 15 is 0 Å². The number of aromatic nitrogens is 1. The molecule has 2 nitrogen and oxygen atoms in total. The van der Waals surface area contributed by atoms with Crippen LogP contribution in [0.15, 0.2) is 29.8 Å². The number of nitrogens with zero attached hydrogens (tertiary/aromatic N) is 1. The molecule has 0 aliphatic rings. The number of rotatable bonds is 3. The fourth-order valence-electron chi connectivity index (χ4n) is 1.89. The third kappa shape index (κ3) is 2.01. The molecule has 1 unspecified atom stereocenters. The second-order valence-corrected chi connectivity index (χ2v) is 4.93. The summed E-state index contributed by atoms with van der Waals surface area (Å²) in [6.07, 6.45) is 2.79. The standard InChI is InChI=1S/C13H16N2S/c1-3-10-5-4-7-15-13(10)12(14)11-6-8-16-9(11)2/h4-8,12H,3,14H2,1-2H3. The Balaban J connectivity index is 2.41. The molecule has 16 heavy (non-hydrogen) atoms. The molecular formula is C13H16N2S. The first-order chi connectivity index (χ1) is 7.74. The van der Waals surface area contributed by atoms with Gasteiger partial charge in [0.1, 0.15) is 0 Å². The third-order valence-corrected chi connectivity index (χ3v) is 3.70. The Hall–Kier alpha value is -1.19. The van der Waals surface area contributed by atoms with Gasteiger partial charge < -0.3 is 5.73 Å². The van der Waals surface area contributed by atoms with Crippen LogP contribution in [0.3, 0.4) is 0 Å². The van der Waals surface area contributed by atoms with Crippen LogP contribution < -0.4 is 5.73 Å². The van der Waals surface area contributed by atoms with Crippen molar-refractivity contribution in [3.8, 4) is 0 Å². The van der Waals surface area contributed by atoms with Crippen molar-refractivity contribution in [2.45, 2.75) is 26.3 Å². The topological polar surface area (TPSA) is 38.9 Å². The number of pyridine rings is 1. The Morgan fingerprint density at radius 3 is 2.88 bits per heavy atom. The molecule has 84 valence electrons. The average Bonchev–Trinajstić information content (AvgIpc) is 2.74. The summed E-state index contributed by atoms with van der Waals surface area (Å²) in [5.74, 6) is 0. The van der Waals surface area contributed by atoms with E-state index < -0.39 is 0 Å². The van der Waals surface area contributed by atoms with E-state index in [9.17, 15) is 0 Å². The van der Waals surface area contributed by atoms with Crippen molar-refractivity contribution < 1.29 is 0 Å². The van der Waals surface area contributed by atoms with E-state index in [-0.39, 0.29) is 6.04 Å². The zero-order chi connectivity index (χ0) is 11.5. The molecule has 1 atom stereocenters. The Labute approximate surface area is 100 Å². The molecule has 0 radical (unpaired) electrons. The first-order valence-corrected chi connectivity index (χ1v) is 6.35. The van der Waals surface area contributed by atoms with Gasteiger partial charge in [0.05, 0.1) is 11.7 Å². The minimum absolute atomic E-state index is 0.0950. The molecule has 0 bridgehead atoms. The Morgan fingerprint density at radius 2 is 2.25 bits per heavy atom. The normalized spacial score (nSPS) is 12.7. The second kappa shape index (κ2) is 4.76. The predicted octanol–water partition coefficient (Wildman–Crippen LogP) is 3.06. The lowest BCUT2D eigenvalue weighted by atomic mass is 10.00. The fourth-order valence-corrected chi connectivity index (χ4v) is 2.64. The fraction of sp³-hybridized carbons (Fsp3) is 0.308. The van der Waals surface area contributed by atoms with Gasteiger partial charge in [-0.2, -0.15) is 0 Å². The van der Waals surface area contributed by atoms with Crippen LogP contribution in [0.1, 0.15) is 34.7 Å². The minimum Gasteiger partial charge on any atom is -0.319 e.